The molecule has 2 rings (SSSR count). The average molecular weight is 239 g/mol. The van der Waals surface area contributed by atoms with Crippen LogP contribution in [0.15, 0.2) is 0 Å². The Morgan fingerprint density at radius 2 is 1.88 bits per heavy atom. The van der Waals surface area contributed by atoms with E-state index in [2.05, 4.69) is 19.3 Å². The first-order chi connectivity index (χ1) is 8.29. The maximum absolute atomic E-state index is 6.16. The molecule has 0 heterocycles. The van der Waals surface area contributed by atoms with Gasteiger partial charge in [-0.1, -0.05) is 32.6 Å². The van der Waals surface area contributed by atoms with Crippen LogP contribution in [0.4, 0.5) is 0 Å². The maximum Gasteiger partial charge on any atom is 0.0625 e. The summed E-state index contributed by atoms with van der Waals surface area (Å²) in [6.45, 7) is 3.29. The number of hydrogen-bond acceptors (Lipinski definition) is 2. The number of nitrogens with one attached hydrogen (secondary N) is 1. The third kappa shape index (κ3) is 3.96. The number of rotatable bonds is 5. The second-order valence-corrected chi connectivity index (χ2v) is 6.17. The van der Waals surface area contributed by atoms with Crippen molar-refractivity contribution in [3.05, 3.63) is 0 Å². The van der Waals surface area contributed by atoms with Gasteiger partial charge in [-0.05, 0) is 44.6 Å². The predicted octanol–water partition coefficient (Wildman–Crippen LogP) is 3.36. The van der Waals surface area contributed by atoms with E-state index in [0.717, 1.165) is 18.4 Å². The number of likely N-dealkylation sites (N-methyl/N-ethyl adjacent to an activating group) is 1. The molecule has 2 heteroatoms. The molecule has 0 aromatic carbocycles. The van der Waals surface area contributed by atoms with Crippen LogP contribution < -0.4 is 5.32 Å². The standard InChI is InChI=1S/C15H29NO/c1-12-6-5-9-14(10-12)17-11-15(16-2)13-7-3-4-8-13/h12-16H,3-11H2,1-2H3. The average Bonchev–Trinajstić information content (AvgIpc) is 2.84. The molecule has 2 aliphatic rings. The van der Waals surface area contributed by atoms with Crippen molar-refractivity contribution in [3.63, 3.8) is 0 Å². The van der Waals surface area contributed by atoms with Gasteiger partial charge in [0.05, 0.1) is 12.7 Å². The van der Waals surface area contributed by atoms with Crippen molar-refractivity contribution in [1.29, 1.82) is 0 Å². The first-order valence-electron chi connectivity index (χ1n) is 7.58. The Morgan fingerprint density at radius 1 is 1.12 bits per heavy atom. The first-order valence-corrected chi connectivity index (χ1v) is 7.58. The van der Waals surface area contributed by atoms with Crippen LogP contribution >= 0.6 is 0 Å². The summed E-state index contributed by atoms with van der Waals surface area (Å²) in [6.07, 6.45) is 11.5. The highest BCUT2D eigenvalue weighted by atomic mass is 16.5. The Morgan fingerprint density at radius 3 is 2.53 bits per heavy atom. The van der Waals surface area contributed by atoms with Crippen LogP contribution in [0.5, 0.6) is 0 Å². The van der Waals surface area contributed by atoms with Crippen LogP contribution in [0.1, 0.15) is 58.3 Å². The summed E-state index contributed by atoms with van der Waals surface area (Å²) in [4.78, 5) is 0. The van der Waals surface area contributed by atoms with Gasteiger partial charge in [0.15, 0.2) is 0 Å². The van der Waals surface area contributed by atoms with Gasteiger partial charge < -0.3 is 10.1 Å². The van der Waals surface area contributed by atoms with E-state index >= 15 is 0 Å². The van der Waals surface area contributed by atoms with E-state index in [0.29, 0.717) is 12.1 Å². The molecule has 3 atom stereocenters. The van der Waals surface area contributed by atoms with Crippen LogP contribution in [-0.4, -0.2) is 25.8 Å². The minimum absolute atomic E-state index is 0.538. The summed E-state index contributed by atoms with van der Waals surface area (Å²) in [5.41, 5.74) is 0. The van der Waals surface area contributed by atoms with E-state index in [-0.39, 0.29) is 0 Å². The van der Waals surface area contributed by atoms with Crippen molar-refractivity contribution < 1.29 is 4.74 Å². The van der Waals surface area contributed by atoms with Crippen molar-refractivity contribution in [2.75, 3.05) is 13.7 Å². The molecule has 0 bridgehead atoms. The van der Waals surface area contributed by atoms with Gasteiger partial charge >= 0.3 is 0 Å². The van der Waals surface area contributed by atoms with Crippen LogP contribution in [0, 0.1) is 11.8 Å². The van der Waals surface area contributed by atoms with Crippen molar-refractivity contribution in [2.45, 2.75) is 70.4 Å². The summed E-state index contributed by atoms with van der Waals surface area (Å²) in [6, 6.07) is 0.592. The predicted molar refractivity (Wildman–Crippen MR) is 72.2 cm³/mol. The quantitative estimate of drug-likeness (QED) is 0.794. The van der Waals surface area contributed by atoms with E-state index in [4.69, 9.17) is 4.74 Å². The fraction of sp³-hybridized carbons (Fsp3) is 1.00. The number of hydrogen-bond donors (Lipinski definition) is 1. The van der Waals surface area contributed by atoms with Crippen LogP contribution in [-0.2, 0) is 4.74 Å². The zero-order chi connectivity index (χ0) is 12.1. The van der Waals surface area contributed by atoms with Gasteiger partial charge in [0.1, 0.15) is 0 Å². The minimum atomic E-state index is 0.538. The van der Waals surface area contributed by atoms with Gasteiger partial charge in [0.25, 0.3) is 0 Å². The molecule has 0 aliphatic heterocycles. The van der Waals surface area contributed by atoms with Crippen molar-refractivity contribution in [3.8, 4) is 0 Å². The lowest BCUT2D eigenvalue weighted by atomic mass is 9.88. The number of ether oxygens (including phenoxy) is 1. The zero-order valence-electron chi connectivity index (χ0n) is 11.6. The van der Waals surface area contributed by atoms with E-state index in [1.54, 1.807) is 0 Å². The van der Waals surface area contributed by atoms with Crippen LogP contribution in [0.3, 0.4) is 0 Å². The molecule has 0 amide bonds. The highest BCUT2D eigenvalue weighted by Crippen LogP contribution is 2.29. The highest BCUT2D eigenvalue weighted by molar-refractivity contribution is 4.80. The fourth-order valence-corrected chi connectivity index (χ4v) is 3.58. The third-order valence-electron chi connectivity index (χ3n) is 4.74. The smallest absolute Gasteiger partial charge is 0.0625 e. The van der Waals surface area contributed by atoms with Crippen LogP contribution in [0.2, 0.25) is 0 Å². The van der Waals surface area contributed by atoms with Crippen molar-refractivity contribution >= 4 is 0 Å². The Labute approximate surface area is 107 Å². The van der Waals surface area contributed by atoms with Gasteiger partial charge in [-0.2, -0.15) is 0 Å². The Balaban J connectivity index is 1.71. The normalized spacial score (nSPS) is 32.8. The SMILES string of the molecule is CNC(COC1CCCC(C)C1)C1CCCC1. The molecule has 1 N–H and O–H groups in total. The van der Waals surface area contributed by atoms with Gasteiger partial charge in [0, 0.05) is 6.04 Å². The minimum Gasteiger partial charge on any atom is -0.377 e. The lowest BCUT2D eigenvalue weighted by molar-refractivity contribution is -0.00222. The second-order valence-electron chi connectivity index (χ2n) is 6.17. The fourth-order valence-electron chi connectivity index (χ4n) is 3.58. The van der Waals surface area contributed by atoms with E-state index in [9.17, 15) is 0 Å². The molecule has 17 heavy (non-hydrogen) atoms. The molecule has 0 radical (unpaired) electrons. The summed E-state index contributed by atoms with van der Waals surface area (Å²) in [7, 11) is 2.09. The lowest BCUT2D eigenvalue weighted by Crippen LogP contribution is -2.38. The summed E-state index contributed by atoms with van der Waals surface area (Å²) >= 11 is 0. The molecule has 0 aromatic heterocycles. The Bertz CT molecular complexity index is 213. The maximum atomic E-state index is 6.16. The van der Waals surface area contributed by atoms with Gasteiger partial charge in [0.2, 0.25) is 0 Å². The lowest BCUT2D eigenvalue weighted by Gasteiger charge is -2.30. The molecule has 100 valence electrons. The zero-order valence-corrected chi connectivity index (χ0v) is 11.6. The van der Waals surface area contributed by atoms with Crippen molar-refractivity contribution in [1.82, 2.24) is 5.32 Å². The van der Waals surface area contributed by atoms with Gasteiger partial charge in [-0.25, -0.2) is 0 Å². The highest BCUT2D eigenvalue weighted by Gasteiger charge is 2.26. The Hall–Kier alpha value is -0.0800. The molecular weight excluding hydrogens is 210 g/mol. The van der Waals surface area contributed by atoms with Gasteiger partial charge in [-0.15, -0.1) is 0 Å². The second kappa shape index (κ2) is 6.75. The third-order valence-corrected chi connectivity index (χ3v) is 4.74. The molecule has 0 saturated heterocycles. The van der Waals surface area contributed by atoms with Crippen molar-refractivity contribution in [2.24, 2.45) is 11.8 Å². The molecule has 0 spiro atoms. The monoisotopic (exact) mass is 239 g/mol. The molecule has 3 unspecified atom stereocenters. The van der Waals surface area contributed by atoms with E-state index < -0.39 is 0 Å². The molecule has 2 nitrogen and oxygen atoms in total. The topological polar surface area (TPSA) is 21.3 Å². The summed E-state index contributed by atoms with van der Waals surface area (Å²) in [5.74, 6) is 1.73. The Kier molecular flexibility index (Phi) is 5.30. The van der Waals surface area contributed by atoms with Gasteiger partial charge in [-0.3, -0.25) is 0 Å². The summed E-state index contributed by atoms with van der Waals surface area (Å²) in [5, 5.41) is 3.47. The molecular formula is C15H29NO. The molecule has 2 aliphatic carbocycles. The van der Waals surface area contributed by atoms with E-state index in [1.165, 1.54) is 51.4 Å². The summed E-state index contributed by atoms with van der Waals surface area (Å²) < 4.78 is 6.16. The molecule has 2 saturated carbocycles. The molecule has 2 fully saturated rings. The molecule has 0 aromatic rings. The van der Waals surface area contributed by atoms with E-state index in [1.807, 2.05) is 0 Å². The van der Waals surface area contributed by atoms with Crippen LogP contribution in [0.25, 0.3) is 0 Å². The largest absolute Gasteiger partial charge is 0.377 e. The first kappa shape index (κ1) is 13.4.